The van der Waals surface area contributed by atoms with Gasteiger partial charge in [-0.3, -0.25) is 15.0 Å². The topological polar surface area (TPSA) is 137 Å². The highest BCUT2D eigenvalue weighted by atomic mass is 35.5. The molecule has 1 amide bonds. The molecule has 0 aliphatic heterocycles. The van der Waals surface area contributed by atoms with Crippen LogP contribution in [0.25, 0.3) is 11.0 Å². The smallest absolute Gasteiger partial charge is 0.305 e. The van der Waals surface area contributed by atoms with Gasteiger partial charge in [-0.25, -0.2) is 13.8 Å². The predicted molar refractivity (Wildman–Crippen MR) is 145 cm³/mol. The fourth-order valence-corrected chi connectivity index (χ4v) is 4.34. The van der Waals surface area contributed by atoms with Crippen LogP contribution >= 0.6 is 11.6 Å². The molecule has 0 aliphatic rings. The van der Waals surface area contributed by atoms with Gasteiger partial charge in [0.2, 0.25) is 0 Å². The number of carboxylic acids is 1. The van der Waals surface area contributed by atoms with E-state index in [1.807, 2.05) is 11.5 Å². The van der Waals surface area contributed by atoms with Gasteiger partial charge in [0.25, 0.3) is 5.91 Å². The van der Waals surface area contributed by atoms with Crippen molar-refractivity contribution in [1.29, 1.82) is 5.41 Å². The van der Waals surface area contributed by atoms with Gasteiger partial charge in [0.1, 0.15) is 23.3 Å². The molecule has 0 aliphatic carbocycles. The summed E-state index contributed by atoms with van der Waals surface area (Å²) in [7, 11) is 0. The summed E-state index contributed by atoms with van der Waals surface area (Å²) in [4.78, 5) is 30.5. The van der Waals surface area contributed by atoms with Crippen molar-refractivity contribution >= 4 is 51.7 Å². The molecule has 4 rings (SSSR count). The van der Waals surface area contributed by atoms with Crippen LogP contribution in [0.2, 0.25) is 5.02 Å². The van der Waals surface area contributed by atoms with Crippen molar-refractivity contribution in [3.63, 3.8) is 0 Å². The van der Waals surface area contributed by atoms with Gasteiger partial charge in [-0.15, -0.1) is 0 Å². The first-order valence-electron chi connectivity index (χ1n) is 11.9. The molecule has 0 unspecified atom stereocenters. The summed E-state index contributed by atoms with van der Waals surface area (Å²) in [5.41, 5.74) is 7.68. The number of nitrogens with two attached hydrogens (primary N) is 1. The number of benzene rings is 3. The molecule has 12 heteroatoms. The van der Waals surface area contributed by atoms with E-state index in [-0.39, 0.29) is 52.9 Å². The van der Waals surface area contributed by atoms with Gasteiger partial charge in [0.15, 0.2) is 0 Å². The molecule has 0 atom stereocenters. The van der Waals surface area contributed by atoms with Crippen molar-refractivity contribution in [3.05, 3.63) is 88.2 Å². The molecule has 0 bridgehead atoms. The largest absolute Gasteiger partial charge is 0.481 e. The molecule has 0 fully saturated rings. The van der Waals surface area contributed by atoms with E-state index in [0.29, 0.717) is 17.9 Å². The number of imidazole rings is 1. The first kappa shape index (κ1) is 27.5. The number of hydrogen-bond acceptors (Lipinski definition) is 5. The predicted octanol–water partition coefficient (Wildman–Crippen LogP) is 5.01. The number of hydrogen-bond donors (Lipinski definition) is 4. The molecule has 3 aromatic carbocycles. The lowest BCUT2D eigenvalue weighted by Gasteiger charge is -2.22. The number of carbonyl (C=O) groups excluding carboxylic acids is 1. The molecule has 1 heterocycles. The SMILES string of the molecule is CCn1c(CNc2ccc(C(=N)N)cc2F)nc2cc(C(=O)N(CCC(=O)O)c3ccc(F)c(Cl)c3)ccc21. The number of nitrogen functional groups attached to an aromatic ring is 1. The highest BCUT2D eigenvalue weighted by Crippen LogP contribution is 2.26. The molecule has 39 heavy (non-hydrogen) atoms. The highest BCUT2D eigenvalue weighted by molar-refractivity contribution is 6.31. The number of aromatic nitrogens is 2. The number of aliphatic carboxylic acids is 1. The van der Waals surface area contributed by atoms with Gasteiger partial charge in [-0.1, -0.05) is 11.6 Å². The lowest BCUT2D eigenvalue weighted by molar-refractivity contribution is -0.136. The van der Waals surface area contributed by atoms with Crippen molar-refractivity contribution in [2.24, 2.45) is 5.73 Å². The Morgan fingerprint density at radius 3 is 2.49 bits per heavy atom. The van der Waals surface area contributed by atoms with E-state index in [1.54, 1.807) is 24.3 Å². The Balaban J connectivity index is 1.63. The summed E-state index contributed by atoms with van der Waals surface area (Å²) in [5.74, 6) is -2.45. The Labute approximate surface area is 227 Å². The van der Waals surface area contributed by atoms with E-state index in [0.717, 1.165) is 11.6 Å². The summed E-state index contributed by atoms with van der Waals surface area (Å²) in [6, 6.07) is 12.9. The Morgan fingerprint density at radius 2 is 1.85 bits per heavy atom. The molecular formula is C27H25ClF2N6O3. The third kappa shape index (κ3) is 5.99. The number of amidine groups is 1. The zero-order chi connectivity index (χ0) is 28.3. The third-order valence-corrected chi connectivity index (χ3v) is 6.41. The van der Waals surface area contributed by atoms with E-state index in [1.165, 1.54) is 29.2 Å². The van der Waals surface area contributed by atoms with Crippen LogP contribution in [0.15, 0.2) is 54.6 Å². The van der Waals surface area contributed by atoms with Crippen molar-refractivity contribution in [1.82, 2.24) is 9.55 Å². The quantitative estimate of drug-likeness (QED) is 0.161. The summed E-state index contributed by atoms with van der Waals surface area (Å²) in [6.45, 7) is 2.52. The summed E-state index contributed by atoms with van der Waals surface area (Å²) in [5, 5.41) is 19.4. The van der Waals surface area contributed by atoms with E-state index < -0.39 is 23.5 Å². The first-order chi connectivity index (χ1) is 18.6. The second kappa shape index (κ2) is 11.5. The van der Waals surface area contributed by atoms with Gasteiger partial charge in [-0.05, 0) is 61.5 Å². The maximum Gasteiger partial charge on any atom is 0.305 e. The van der Waals surface area contributed by atoms with Crippen LogP contribution < -0.4 is 16.0 Å². The Hall–Kier alpha value is -4.51. The minimum absolute atomic E-state index is 0.152. The maximum absolute atomic E-state index is 14.5. The minimum Gasteiger partial charge on any atom is -0.481 e. The maximum atomic E-state index is 14.5. The fourth-order valence-electron chi connectivity index (χ4n) is 4.16. The number of carbonyl (C=O) groups is 2. The minimum atomic E-state index is -1.09. The number of carboxylic acid groups (broad SMARTS) is 1. The van der Waals surface area contributed by atoms with Gasteiger partial charge < -0.3 is 25.6 Å². The number of nitrogens with zero attached hydrogens (tertiary/aromatic N) is 3. The van der Waals surface area contributed by atoms with E-state index in [4.69, 9.17) is 27.9 Å². The van der Waals surface area contributed by atoms with Crippen LogP contribution in [0.1, 0.15) is 35.1 Å². The van der Waals surface area contributed by atoms with E-state index >= 15 is 0 Å². The average molecular weight is 555 g/mol. The van der Waals surface area contributed by atoms with Gasteiger partial charge in [-0.2, -0.15) is 0 Å². The second-order valence-electron chi connectivity index (χ2n) is 8.64. The second-order valence-corrected chi connectivity index (χ2v) is 9.04. The summed E-state index contributed by atoms with van der Waals surface area (Å²) >= 11 is 5.90. The van der Waals surface area contributed by atoms with Crippen LogP contribution in [0.3, 0.4) is 0 Å². The zero-order valence-corrected chi connectivity index (χ0v) is 21.6. The standard InChI is InChI=1S/C27H25ClF2N6O3/c1-2-35-23-8-4-16(27(39)36(10-9-25(37)38)17-5-6-19(29)18(28)13-17)12-22(23)34-24(35)14-33-21-7-3-15(26(31)32)11-20(21)30/h3-8,11-13,33H,2,9-10,14H2,1H3,(H3,31,32)(H,37,38). The van der Waals surface area contributed by atoms with E-state index in [2.05, 4.69) is 10.3 Å². The summed E-state index contributed by atoms with van der Waals surface area (Å²) in [6.07, 6.45) is -0.326. The normalized spacial score (nSPS) is 11.0. The molecule has 0 spiro atoms. The molecule has 1 aromatic heterocycles. The summed E-state index contributed by atoms with van der Waals surface area (Å²) < 4.78 is 30.1. The van der Waals surface area contributed by atoms with Crippen molar-refractivity contribution in [2.75, 3.05) is 16.8 Å². The zero-order valence-electron chi connectivity index (χ0n) is 20.8. The fraction of sp³-hybridized carbons (Fsp3) is 0.185. The highest BCUT2D eigenvalue weighted by Gasteiger charge is 2.21. The third-order valence-electron chi connectivity index (χ3n) is 6.12. The van der Waals surface area contributed by atoms with Crippen LogP contribution in [0.5, 0.6) is 0 Å². The number of rotatable bonds is 10. The van der Waals surface area contributed by atoms with Crippen LogP contribution in [-0.4, -0.2) is 38.9 Å². The lowest BCUT2D eigenvalue weighted by Crippen LogP contribution is -2.33. The molecule has 0 saturated carbocycles. The Kier molecular flexibility index (Phi) is 8.10. The number of halogens is 3. The number of fused-ring (bicyclic) bond motifs is 1. The molecule has 5 N–H and O–H groups in total. The van der Waals surface area contributed by atoms with Crippen molar-refractivity contribution in [3.8, 4) is 0 Å². The average Bonchev–Trinajstić information content (AvgIpc) is 3.26. The molecule has 4 aromatic rings. The lowest BCUT2D eigenvalue weighted by atomic mass is 10.1. The molecule has 0 radical (unpaired) electrons. The Bertz CT molecular complexity index is 1590. The monoisotopic (exact) mass is 554 g/mol. The molecule has 202 valence electrons. The number of nitrogens with one attached hydrogen (secondary N) is 2. The van der Waals surface area contributed by atoms with Gasteiger partial charge in [0, 0.05) is 29.9 Å². The van der Waals surface area contributed by atoms with Gasteiger partial charge >= 0.3 is 5.97 Å². The number of amides is 1. The van der Waals surface area contributed by atoms with Crippen LogP contribution in [0.4, 0.5) is 20.2 Å². The van der Waals surface area contributed by atoms with Crippen molar-refractivity contribution in [2.45, 2.75) is 26.4 Å². The van der Waals surface area contributed by atoms with Gasteiger partial charge in [0.05, 0.1) is 34.7 Å². The van der Waals surface area contributed by atoms with E-state index in [9.17, 15) is 18.4 Å². The molecule has 9 nitrogen and oxygen atoms in total. The van der Waals surface area contributed by atoms with Crippen molar-refractivity contribution < 1.29 is 23.5 Å². The Morgan fingerprint density at radius 1 is 1.10 bits per heavy atom. The van der Waals surface area contributed by atoms with Crippen LogP contribution in [0, 0.1) is 17.0 Å². The number of aryl methyl sites for hydroxylation is 1. The first-order valence-corrected chi connectivity index (χ1v) is 12.3. The van der Waals surface area contributed by atoms with Crippen LogP contribution in [-0.2, 0) is 17.9 Å². The number of anilines is 2. The molecular weight excluding hydrogens is 530 g/mol. The molecule has 0 saturated heterocycles.